The minimum atomic E-state index is -0.148. The highest BCUT2D eigenvalue weighted by atomic mass is 32.2. The van der Waals surface area contributed by atoms with Crippen LogP contribution in [-0.2, 0) is 10.5 Å². The van der Waals surface area contributed by atoms with Crippen LogP contribution in [0.15, 0.2) is 48.5 Å². The van der Waals surface area contributed by atoms with Crippen LogP contribution in [-0.4, -0.2) is 30.9 Å². The van der Waals surface area contributed by atoms with Crippen LogP contribution < -0.4 is 14.8 Å². The van der Waals surface area contributed by atoms with E-state index in [2.05, 4.69) is 24.4 Å². The molecule has 0 bridgehead atoms. The monoisotopic (exact) mass is 343 g/mol. The Bertz CT molecular complexity index is 705. The number of thioether (sulfide) groups is 1. The number of benzene rings is 2. The average Bonchev–Trinajstić information content (AvgIpc) is 2.61. The molecule has 126 valence electrons. The molecule has 1 unspecified atom stereocenters. The van der Waals surface area contributed by atoms with Gasteiger partial charge in [-0.2, -0.15) is 0 Å². The highest BCUT2D eigenvalue weighted by Gasteiger charge is 2.20. The molecular formula is C19H21NO3S. The molecule has 4 nitrogen and oxygen atoms in total. The van der Waals surface area contributed by atoms with E-state index in [1.165, 1.54) is 11.1 Å². The molecule has 2 aromatic rings. The Morgan fingerprint density at radius 3 is 2.75 bits per heavy atom. The molecule has 1 aliphatic heterocycles. The van der Waals surface area contributed by atoms with Gasteiger partial charge in [0, 0.05) is 5.75 Å². The van der Waals surface area contributed by atoms with Crippen molar-refractivity contribution in [3.05, 3.63) is 59.7 Å². The van der Waals surface area contributed by atoms with Crippen LogP contribution >= 0.6 is 11.8 Å². The number of amides is 1. The third-order valence-electron chi connectivity index (χ3n) is 3.85. The van der Waals surface area contributed by atoms with E-state index < -0.39 is 0 Å². The minimum absolute atomic E-state index is 0.0241. The summed E-state index contributed by atoms with van der Waals surface area (Å²) in [6, 6.07) is 15.8. The largest absolute Gasteiger partial charge is 0.486 e. The van der Waals surface area contributed by atoms with Crippen molar-refractivity contribution in [1.82, 2.24) is 5.32 Å². The van der Waals surface area contributed by atoms with Gasteiger partial charge < -0.3 is 14.8 Å². The van der Waals surface area contributed by atoms with Gasteiger partial charge in [0.15, 0.2) is 11.5 Å². The van der Waals surface area contributed by atoms with E-state index in [0.717, 1.165) is 17.3 Å². The molecule has 0 radical (unpaired) electrons. The molecule has 24 heavy (non-hydrogen) atoms. The van der Waals surface area contributed by atoms with E-state index in [1.807, 2.05) is 36.4 Å². The predicted octanol–water partition coefficient (Wildman–Crippen LogP) is 3.18. The summed E-state index contributed by atoms with van der Waals surface area (Å²) >= 11 is 1.62. The Morgan fingerprint density at radius 2 is 1.92 bits per heavy atom. The van der Waals surface area contributed by atoms with E-state index in [-0.39, 0.29) is 12.0 Å². The zero-order valence-electron chi connectivity index (χ0n) is 13.7. The van der Waals surface area contributed by atoms with Crippen LogP contribution in [0.4, 0.5) is 0 Å². The Balaban J connectivity index is 1.38. The van der Waals surface area contributed by atoms with Crippen molar-refractivity contribution in [3.63, 3.8) is 0 Å². The molecule has 1 aliphatic rings. The lowest BCUT2D eigenvalue weighted by Crippen LogP contribution is -2.41. The van der Waals surface area contributed by atoms with Crippen LogP contribution in [0.25, 0.3) is 0 Å². The van der Waals surface area contributed by atoms with Crippen molar-refractivity contribution >= 4 is 17.7 Å². The minimum Gasteiger partial charge on any atom is -0.486 e. The van der Waals surface area contributed by atoms with Gasteiger partial charge in [0.25, 0.3) is 0 Å². The summed E-state index contributed by atoms with van der Waals surface area (Å²) in [5, 5.41) is 2.92. The SMILES string of the molecule is Cc1ccccc1CSCC(=O)NCC1COc2ccccc2O1. The number of para-hydroxylation sites is 2. The third kappa shape index (κ3) is 4.45. The third-order valence-corrected chi connectivity index (χ3v) is 4.83. The summed E-state index contributed by atoms with van der Waals surface area (Å²) in [5.74, 6) is 2.80. The molecule has 1 amide bonds. The molecule has 0 spiro atoms. The molecular weight excluding hydrogens is 322 g/mol. The molecule has 0 aliphatic carbocycles. The first-order valence-electron chi connectivity index (χ1n) is 8.00. The van der Waals surface area contributed by atoms with Gasteiger partial charge in [0.1, 0.15) is 12.7 Å². The lowest BCUT2D eigenvalue weighted by atomic mass is 10.1. The first-order valence-corrected chi connectivity index (χ1v) is 9.15. The molecule has 5 heteroatoms. The summed E-state index contributed by atoms with van der Waals surface area (Å²) in [4.78, 5) is 12.0. The molecule has 1 N–H and O–H groups in total. The Morgan fingerprint density at radius 1 is 1.17 bits per heavy atom. The Kier molecular flexibility index (Phi) is 5.64. The molecule has 2 aromatic carbocycles. The second kappa shape index (κ2) is 8.11. The van der Waals surface area contributed by atoms with Gasteiger partial charge in [-0.05, 0) is 30.2 Å². The standard InChI is InChI=1S/C19H21NO3S/c1-14-6-2-3-7-15(14)12-24-13-19(21)20-10-16-11-22-17-8-4-5-9-18(17)23-16/h2-9,16H,10-13H2,1H3,(H,20,21). The number of carbonyl (C=O) groups excluding carboxylic acids is 1. The maximum Gasteiger partial charge on any atom is 0.230 e. The number of fused-ring (bicyclic) bond motifs is 1. The fourth-order valence-corrected chi connectivity index (χ4v) is 3.40. The highest BCUT2D eigenvalue weighted by molar-refractivity contribution is 7.99. The molecule has 1 heterocycles. The van der Waals surface area contributed by atoms with Crippen LogP contribution in [0.1, 0.15) is 11.1 Å². The highest BCUT2D eigenvalue weighted by Crippen LogP contribution is 2.30. The van der Waals surface area contributed by atoms with Crippen molar-refractivity contribution in [2.45, 2.75) is 18.8 Å². The van der Waals surface area contributed by atoms with Crippen LogP contribution in [0.2, 0.25) is 0 Å². The fraction of sp³-hybridized carbons (Fsp3) is 0.316. The molecule has 1 atom stereocenters. The normalized spacial score (nSPS) is 15.8. The summed E-state index contributed by atoms with van der Waals surface area (Å²) in [6.07, 6.45) is -0.148. The number of ether oxygens (including phenoxy) is 2. The summed E-state index contributed by atoms with van der Waals surface area (Å²) in [5.41, 5.74) is 2.53. The summed E-state index contributed by atoms with van der Waals surface area (Å²) < 4.78 is 11.5. The van der Waals surface area contributed by atoms with Crippen molar-refractivity contribution < 1.29 is 14.3 Å². The van der Waals surface area contributed by atoms with Crippen LogP contribution in [0.3, 0.4) is 0 Å². The molecule has 0 aromatic heterocycles. The number of carbonyl (C=O) groups is 1. The van der Waals surface area contributed by atoms with Gasteiger partial charge >= 0.3 is 0 Å². The van der Waals surface area contributed by atoms with E-state index in [0.29, 0.717) is 18.9 Å². The lowest BCUT2D eigenvalue weighted by molar-refractivity contribution is -0.119. The van der Waals surface area contributed by atoms with E-state index >= 15 is 0 Å². The first-order chi connectivity index (χ1) is 11.7. The van der Waals surface area contributed by atoms with Gasteiger partial charge in [-0.1, -0.05) is 36.4 Å². The Labute approximate surface area is 146 Å². The maximum atomic E-state index is 12.0. The zero-order chi connectivity index (χ0) is 16.8. The maximum absolute atomic E-state index is 12.0. The van der Waals surface area contributed by atoms with Crippen molar-refractivity contribution in [3.8, 4) is 11.5 Å². The molecule has 3 rings (SSSR count). The van der Waals surface area contributed by atoms with Crippen LogP contribution in [0.5, 0.6) is 11.5 Å². The molecule has 0 saturated heterocycles. The fourth-order valence-electron chi connectivity index (χ4n) is 2.47. The summed E-state index contributed by atoms with van der Waals surface area (Å²) in [6.45, 7) is 3.00. The van der Waals surface area contributed by atoms with Gasteiger partial charge in [-0.3, -0.25) is 4.79 Å². The van der Waals surface area contributed by atoms with Gasteiger partial charge in [-0.15, -0.1) is 11.8 Å². The topological polar surface area (TPSA) is 47.6 Å². The van der Waals surface area contributed by atoms with Gasteiger partial charge in [-0.25, -0.2) is 0 Å². The predicted molar refractivity (Wildman–Crippen MR) is 96.7 cm³/mol. The van der Waals surface area contributed by atoms with Crippen molar-refractivity contribution in [2.75, 3.05) is 18.9 Å². The lowest BCUT2D eigenvalue weighted by Gasteiger charge is -2.26. The van der Waals surface area contributed by atoms with E-state index in [4.69, 9.17) is 9.47 Å². The van der Waals surface area contributed by atoms with Gasteiger partial charge in [0.2, 0.25) is 5.91 Å². The quantitative estimate of drug-likeness (QED) is 0.875. The first kappa shape index (κ1) is 16.7. The van der Waals surface area contributed by atoms with E-state index in [1.54, 1.807) is 11.8 Å². The van der Waals surface area contributed by atoms with Crippen molar-refractivity contribution in [2.24, 2.45) is 0 Å². The van der Waals surface area contributed by atoms with Crippen molar-refractivity contribution in [1.29, 1.82) is 0 Å². The zero-order valence-corrected chi connectivity index (χ0v) is 14.5. The van der Waals surface area contributed by atoms with Crippen LogP contribution in [0, 0.1) is 6.92 Å². The van der Waals surface area contributed by atoms with E-state index in [9.17, 15) is 4.79 Å². The molecule has 0 saturated carbocycles. The second-order valence-corrected chi connectivity index (χ2v) is 6.71. The molecule has 0 fully saturated rings. The number of hydrogen-bond acceptors (Lipinski definition) is 4. The summed E-state index contributed by atoms with van der Waals surface area (Å²) in [7, 11) is 0. The number of aryl methyl sites for hydroxylation is 1. The Hall–Kier alpha value is -2.14. The second-order valence-electron chi connectivity index (χ2n) is 5.72. The smallest absolute Gasteiger partial charge is 0.230 e. The number of hydrogen-bond donors (Lipinski definition) is 1. The average molecular weight is 343 g/mol. The number of rotatable bonds is 6. The van der Waals surface area contributed by atoms with Gasteiger partial charge in [0.05, 0.1) is 12.3 Å². The number of nitrogens with one attached hydrogen (secondary N) is 1.